The van der Waals surface area contributed by atoms with Gasteiger partial charge in [-0.05, 0) is 29.0 Å². The minimum atomic E-state index is 0.600. The van der Waals surface area contributed by atoms with Crippen molar-refractivity contribution in [2.24, 2.45) is 5.73 Å². The van der Waals surface area contributed by atoms with Crippen molar-refractivity contribution in [3.63, 3.8) is 0 Å². The van der Waals surface area contributed by atoms with Gasteiger partial charge in [0.15, 0.2) is 0 Å². The number of aryl methyl sites for hydroxylation is 1. The van der Waals surface area contributed by atoms with Gasteiger partial charge >= 0.3 is 5.82 Å². The van der Waals surface area contributed by atoms with Gasteiger partial charge in [-0.3, -0.25) is 0 Å². The van der Waals surface area contributed by atoms with Gasteiger partial charge in [-0.25, -0.2) is 0 Å². The second-order valence-electron chi connectivity index (χ2n) is 3.38. The standard InChI is InChI=1S/C10H12ClN5/c11-9-5-2-1-4-8(9)10-13-15-16(14-10)7-3-6-12/h1-2,4-5H,3,6-7,12H2/p+1. The molecule has 2 aromatic rings. The van der Waals surface area contributed by atoms with Gasteiger partial charge in [0.1, 0.15) is 6.54 Å². The van der Waals surface area contributed by atoms with Crippen LogP contribution in [0.15, 0.2) is 24.3 Å². The maximum Gasteiger partial charge on any atom is 0.340 e. The van der Waals surface area contributed by atoms with E-state index in [0.29, 0.717) is 17.4 Å². The molecule has 0 spiro atoms. The lowest BCUT2D eigenvalue weighted by atomic mass is 10.2. The van der Waals surface area contributed by atoms with Crippen molar-refractivity contribution in [1.82, 2.24) is 15.4 Å². The molecule has 0 unspecified atom stereocenters. The molecule has 84 valence electrons. The molecule has 0 fully saturated rings. The molecule has 16 heavy (non-hydrogen) atoms. The molecule has 0 aliphatic rings. The number of aromatic amines is 1. The number of tetrazole rings is 1. The average Bonchev–Trinajstić information content (AvgIpc) is 2.75. The largest absolute Gasteiger partial charge is 0.340 e. The molecule has 1 aromatic carbocycles. The van der Waals surface area contributed by atoms with Crippen LogP contribution in [0.5, 0.6) is 0 Å². The molecule has 0 atom stereocenters. The van der Waals surface area contributed by atoms with Crippen LogP contribution in [0.3, 0.4) is 0 Å². The van der Waals surface area contributed by atoms with E-state index in [0.717, 1.165) is 18.5 Å². The van der Waals surface area contributed by atoms with Crippen molar-refractivity contribution < 1.29 is 4.80 Å². The Balaban J connectivity index is 2.22. The first-order chi connectivity index (χ1) is 7.81. The van der Waals surface area contributed by atoms with E-state index in [1.54, 1.807) is 4.80 Å². The Labute approximate surface area is 98.2 Å². The number of halogens is 1. The molecule has 1 heterocycles. The second-order valence-corrected chi connectivity index (χ2v) is 3.79. The summed E-state index contributed by atoms with van der Waals surface area (Å²) in [5, 5.41) is 11.8. The van der Waals surface area contributed by atoms with Crippen molar-refractivity contribution >= 4 is 11.6 Å². The summed E-state index contributed by atoms with van der Waals surface area (Å²) in [6.07, 6.45) is 0.863. The first-order valence-electron chi connectivity index (χ1n) is 5.09. The molecular weight excluding hydrogens is 226 g/mol. The van der Waals surface area contributed by atoms with E-state index in [-0.39, 0.29) is 0 Å². The molecule has 6 heteroatoms. The minimum absolute atomic E-state index is 0.600. The van der Waals surface area contributed by atoms with Gasteiger partial charge in [-0.1, -0.05) is 28.5 Å². The van der Waals surface area contributed by atoms with Crippen LogP contribution in [-0.2, 0) is 6.54 Å². The van der Waals surface area contributed by atoms with Gasteiger partial charge in [0.05, 0.1) is 15.7 Å². The number of hydrogen-bond acceptors (Lipinski definition) is 3. The summed E-state index contributed by atoms with van der Waals surface area (Å²) in [4.78, 5) is 1.66. The molecule has 0 aliphatic heterocycles. The molecule has 0 radical (unpaired) electrons. The number of nitrogens with one attached hydrogen (secondary N) is 1. The molecule has 0 bridgehead atoms. The van der Waals surface area contributed by atoms with Gasteiger partial charge in [0, 0.05) is 6.42 Å². The Bertz CT molecular complexity index is 468. The number of nitrogens with two attached hydrogens (primary N) is 1. The molecular formula is C10H13ClN5+. The Morgan fingerprint density at radius 2 is 2.19 bits per heavy atom. The highest BCUT2D eigenvalue weighted by Gasteiger charge is 2.15. The van der Waals surface area contributed by atoms with Gasteiger partial charge < -0.3 is 5.73 Å². The normalized spacial score (nSPS) is 10.6. The topological polar surface area (TPSA) is 71.5 Å². The van der Waals surface area contributed by atoms with Crippen LogP contribution in [0.4, 0.5) is 0 Å². The van der Waals surface area contributed by atoms with E-state index < -0.39 is 0 Å². The highest BCUT2D eigenvalue weighted by atomic mass is 35.5. The molecule has 2 rings (SSSR count). The Morgan fingerprint density at radius 1 is 1.38 bits per heavy atom. The third-order valence-corrected chi connectivity index (χ3v) is 2.51. The van der Waals surface area contributed by atoms with E-state index in [1.807, 2.05) is 24.3 Å². The van der Waals surface area contributed by atoms with E-state index >= 15 is 0 Å². The SMILES string of the molecule is NCCC[n+]1nc(-c2ccccc2Cl)n[nH]1. The van der Waals surface area contributed by atoms with Gasteiger partial charge in [0.2, 0.25) is 0 Å². The molecule has 0 aliphatic carbocycles. The molecule has 5 nitrogen and oxygen atoms in total. The predicted octanol–water partition coefficient (Wildman–Crippen LogP) is 0.761. The minimum Gasteiger partial charge on any atom is -0.330 e. The number of aromatic nitrogens is 4. The highest BCUT2D eigenvalue weighted by molar-refractivity contribution is 6.33. The Morgan fingerprint density at radius 3 is 2.94 bits per heavy atom. The van der Waals surface area contributed by atoms with Crippen molar-refractivity contribution in [3.8, 4) is 11.4 Å². The number of hydrogen-bond donors (Lipinski definition) is 2. The zero-order chi connectivity index (χ0) is 11.4. The highest BCUT2D eigenvalue weighted by Crippen LogP contribution is 2.22. The van der Waals surface area contributed by atoms with Gasteiger partial charge in [0.25, 0.3) is 0 Å². The van der Waals surface area contributed by atoms with Crippen LogP contribution < -0.4 is 10.5 Å². The lowest BCUT2D eigenvalue weighted by Gasteiger charge is -1.92. The quantitative estimate of drug-likeness (QED) is 0.773. The predicted molar refractivity (Wildman–Crippen MR) is 60.7 cm³/mol. The summed E-state index contributed by atoms with van der Waals surface area (Å²) < 4.78 is 0. The summed E-state index contributed by atoms with van der Waals surface area (Å²) in [5.74, 6) is 0.600. The van der Waals surface area contributed by atoms with Crippen molar-refractivity contribution in [3.05, 3.63) is 29.3 Å². The molecule has 1 aromatic heterocycles. The number of H-pyrrole nitrogens is 1. The van der Waals surface area contributed by atoms with Crippen LogP contribution in [0.1, 0.15) is 6.42 Å². The maximum absolute atomic E-state index is 6.05. The van der Waals surface area contributed by atoms with Crippen molar-refractivity contribution in [1.29, 1.82) is 0 Å². The van der Waals surface area contributed by atoms with Gasteiger partial charge in [-0.2, -0.15) is 0 Å². The van der Waals surface area contributed by atoms with Crippen LogP contribution in [-0.4, -0.2) is 22.0 Å². The summed E-state index contributed by atoms with van der Waals surface area (Å²) >= 11 is 6.05. The lowest BCUT2D eigenvalue weighted by Crippen LogP contribution is -2.39. The Kier molecular flexibility index (Phi) is 3.48. The van der Waals surface area contributed by atoms with Crippen LogP contribution >= 0.6 is 11.6 Å². The van der Waals surface area contributed by atoms with Crippen molar-refractivity contribution in [2.45, 2.75) is 13.0 Å². The summed E-state index contributed by atoms with van der Waals surface area (Å²) in [5.41, 5.74) is 6.25. The smallest absolute Gasteiger partial charge is 0.330 e. The molecule has 3 N–H and O–H groups in total. The molecule has 0 saturated carbocycles. The van der Waals surface area contributed by atoms with Crippen LogP contribution in [0.25, 0.3) is 11.4 Å². The lowest BCUT2D eigenvalue weighted by molar-refractivity contribution is -0.804. The first-order valence-corrected chi connectivity index (χ1v) is 5.46. The molecule has 0 amide bonds. The fourth-order valence-electron chi connectivity index (χ4n) is 1.36. The molecule has 0 saturated heterocycles. The van der Waals surface area contributed by atoms with E-state index in [9.17, 15) is 0 Å². The fourth-order valence-corrected chi connectivity index (χ4v) is 1.58. The number of nitrogens with zero attached hydrogens (tertiary/aromatic N) is 3. The van der Waals surface area contributed by atoms with E-state index in [2.05, 4.69) is 15.4 Å². The zero-order valence-corrected chi connectivity index (χ0v) is 9.48. The Hall–Kier alpha value is -1.46. The first kappa shape index (κ1) is 11.0. The summed E-state index contributed by atoms with van der Waals surface area (Å²) in [7, 11) is 0. The monoisotopic (exact) mass is 238 g/mol. The van der Waals surface area contributed by atoms with E-state index in [4.69, 9.17) is 17.3 Å². The van der Waals surface area contributed by atoms with Crippen molar-refractivity contribution in [2.75, 3.05) is 6.54 Å². The fraction of sp³-hybridized carbons (Fsp3) is 0.300. The van der Waals surface area contributed by atoms with Crippen LogP contribution in [0.2, 0.25) is 5.02 Å². The average molecular weight is 239 g/mol. The zero-order valence-electron chi connectivity index (χ0n) is 8.73. The third-order valence-electron chi connectivity index (χ3n) is 2.18. The second kappa shape index (κ2) is 5.05. The van der Waals surface area contributed by atoms with Crippen LogP contribution in [0, 0.1) is 0 Å². The van der Waals surface area contributed by atoms with Gasteiger partial charge in [-0.15, -0.1) is 0 Å². The third kappa shape index (κ3) is 2.37. The summed E-state index contributed by atoms with van der Waals surface area (Å²) in [6.45, 7) is 1.36. The number of rotatable bonds is 4. The summed E-state index contributed by atoms with van der Waals surface area (Å²) in [6, 6.07) is 7.49. The van der Waals surface area contributed by atoms with E-state index in [1.165, 1.54) is 0 Å². The maximum atomic E-state index is 6.05. The number of benzene rings is 1.